The standard InChI is InChI=1S/C24H26FN3O3/c1-5-27-19-12-22(30-13-24(26)8-9-24)21(29-4)11-16(19)15(3)31-20-7-6-18-17(23(20)25)10-14(2)28-18/h5-7,10-12,28H,3,8-9,13,26H2,1-2,4H3. The molecule has 0 spiro atoms. The van der Waals surface area contributed by atoms with Crippen molar-refractivity contribution >= 4 is 28.6 Å². The summed E-state index contributed by atoms with van der Waals surface area (Å²) in [7, 11) is 1.55. The zero-order valence-corrected chi connectivity index (χ0v) is 17.9. The second kappa shape index (κ2) is 8.07. The summed E-state index contributed by atoms with van der Waals surface area (Å²) in [6.07, 6.45) is 3.53. The molecule has 0 aliphatic heterocycles. The highest BCUT2D eigenvalue weighted by molar-refractivity contribution is 5.83. The van der Waals surface area contributed by atoms with Gasteiger partial charge in [0, 0.05) is 34.4 Å². The molecule has 2 aromatic carbocycles. The van der Waals surface area contributed by atoms with Crippen LogP contribution < -0.4 is 19.9 Å². The number of H-pyrrole nitrogens is 1. The zero-order valence-electron chi connectivity index (χ0n) is 17.9. The van der Waals surface area contributed by atoms with Gasteiger partial charge in [0.05, 0.1) is 18.3 Å². The number of aryl methyl sites for hydroxylation is 1. The number of aliphatic imine (C=N–C) groups is 1. The molecule has 3 aromatic rings. The van der Waals surface area contributed by atoms with Gasteiger partial charge in [0.25, 0.3) is 0 Å². The van der Waals surface area contributed by atoms with Gasteiger partial charge in [-0.25, -0.2) is 4.39 Å². The number of ether oxygens (including phenoxy) is 3. The monoisotopic (exact) mass is 423 g/mol. The second-order valence-electron chi connectivity index (χ2n) is 7.88. The Kier molecular flexibility index (Phi) is 5.45. The van der Waals surface area contributed by atoms with E-state index in [1.54, 1.807) is 50.6 Å². The average Bonchev–Trinajstić information content (AvgIpc) is 3.35. The average molecular weight is 423 g/mol. The number of rotatable bonds is 8. The van der Waals surface area contributed by atoms with E-state index < -0.39 is 5.82 Å². The van der Waals surface area contributed by atoms with Crippen LogP contribution in [0.2, 0.25) is 0 Å². The Balaban J connectivity index is 1.65. The van der Waals surface area contributed by atoms with Gasteiger partial charge in [-0.2, -0.15) is 0 Å². The Labute approximate surface area is 180 Å². The highest BCUT2D eigenvalue weighted by atomic mass is 19.1. The maximum atomic E-state index is 15.0. The first-order valence-electron chi connectivity index (χ1n) is 10.1. The number of methoxy groups -OCH3 is 1. The predicted octanol–water partition coefficient (Wildman–Crippen LogP) is 5.27. The van der Waals surface area contributed by atoms with E-state index in [1.165, 1.54) is 0 Å². The zero-order chi connectivity index (χ0) is 22.2. The fraction of sp³-hybridized carbons (Fsp3) is 0.292. The quantitative estimate of drug-likeness (QED) is 0.382. The molecule has 0 amide bonds. The van der Waals surface area contributed by atoms with Crippen LogP contribution in [0.3, 0.4) is 0 Å². The van der Waals surface area contributed by atoms with E-state index in [4.69, 9.17) is 19.9 Å². The summed E-state index contributed by atoms with van der Waals surface area (Å²) in [6, 6.07) is 8.58. The van der Waals surface area contributed by atoms with Crippen LogP contribution in [0.25, 0.3) is 16.7 Å². The summed E-state index contributed by atoms with van der Waals surface area (Å²) in [5.41, 5.74) is 8.59. The molecule has 7 heteroatoms. The van der Waals surface area contributed by atoms with Gasteiger partial charge in [0.15, 0.2) is 23.1 Å². The lowest BCUT2D eigenvalue weighted by Gasteiger charge is -2.18. The van der Waals surface area contributed by atoms with Crippen LogP contribution in [0.5, 0.6) is 17.2 Å². The first-order valence-corrected chi connectivity index (χ1v) is 10.1. The Morgan fingerprint density at radius 2 is 2.03 bits per heavy atom. The highest BCUT2D eigenvalue weighted by Crippen LogP contribution is 2.41. The number of halogens is 1. The summed E-state index contributed by atoms with van der Waals surface area (Å²) >= 11 is 0. The van der Waals surface area contributed by atoms with Crippen LogP contribution in [0.4, 0.5) is 10.1 Å². The topological polar surface area (TPSA) is 81.9 Å². The minimum absolute atomic E-state index is 0.0843. The van der Waals surface area contributed by atoms with Crippen LogP contribution in [0.1, 0.15) is 31.0 Å². The van der Waals surface area contributed by atoms with E-state index >= 15 is 0 Å². The van der Waals surface area contributed by atoms with Gasteiger partial charge in [0.1, 0.15) is 12.4 Å². The van der Waals surface area contributed by atoms with Gasteiger partial charge < -0.3 is 24.9 Å². The van der Waals surface area contributed by atoms with Crippen molar-refractivity contribution in [3.8, 4) is 17.2 Å². The number of hydrogen-bond acceptors (Lipinski definition) is 5. The maximum Gasteiger partial charge on any atom is 0.175 e. The van der Waals surface area contributed by atoms with Gasteiger partial charge in [0.2, 0.25) is 0 Å². The van der Waals surface area contributed by atoms with E-state index in [0.29, 0.717) is 40.3 Å². The number of nitrogens with two attached hydrogens (primary N) is 1. The second-order valence-corrected chi connectivity index (χ2v) is 7.88. The molecule has 1 aliphatic carbocycles. The molecule has 0 bridgehead atoms. The van der Waals surface area contributed by atoms with E-state index in [2.05, 4.69) is 16.6 Å². The molecule has 1 heterocycles. The SMILES string of the molecule is C=C(Oc1ccc2[nH]c(C)cc2c1F)c1cc(OC)c(OCC2(N)CC2)cc1N=CC. The van der Waals surface area contributed by atoms with Crippen LogP contribution in [0, 0.1) is 12.7 Å². The smallest absolute Gasteiger partial charge is 0.175 e. The molecule has 0 saturated heterocycles. The molecule has 1 saturated carbocycles. The minimum atomic E-state index is -0.451. The Morgan fingerprint density at radius 1 is 1.26 bits per heavy atom. The van der Waals surface area contributed by atoms with Gasteiger partial charge in [-0.1, -0.05) is 6.58 Å². The third-order valence-electron chi connectivity index (χ3n) is 5.33. The number of hydrogen-bond donors (Lipinski definition) is 2. The molecule has 3 N–H and O–H groups in total. The predicted molar refractivity (Wildman–Crippen MR) is 121 cm³/mol. The van der Waals surface area contributed by atoms with Crippen LogP contribution in [-0.2, 0) is 0 Å². The van der Waals surface area contributed by atoms with Crippen molar-refractivity contribution in [1.29, 1.82) is 0 Å². The highest BCUT2D eigenvalue weighted by Gasteiger charge is 2.39. The number of aromatic amines is 1. The molecule has 4 rings (SSSR count). The first-order chi connectivity index (χ1) is 14.8. The summed E-state index contributed by atoms with van der Waals surface area (Å²) in [4.78, 5) is 7.52. The third-order valence-corrected chi connectivity index (χ3v) is 5.33. The molecule has 162 valence electrons. The lowest BCUT2D eigenvalue weighted by Crippen LogP contribution is -2.29. The van der Waals surface area contributed by atoms with Crippen LogP contribution in [-0.4, -0.2) is 30.5 Å². The van der Waals surface area contributed by atoms with Crippen LogP contribution >= 0.6 is 0 Å². The summed E-state index contributed by atoms with van der Waals surface area (Å²) in [6.45, 7) is 8.08. The summed E-state index contributed by atoms with van der Waals surface area (Å²) < 4.78 is 32.2. The number of fused-ring (bicyclic) bond motifs is 1. The van der Waals surface area contributed by atoms with Gasteiger partial charge in [-0.15, -0.1) is 0 Å². The van der Waals surface area contributed by atoms with Gasteiger partial charge in [-0.05, 0) is 51.0 Å². The molecule has 0 atom stereocenters. The molecule has 31 heavy (non-hydrogen) atoms. The molecule has 1 fully saturated rings. The van der Waals surface area contributed by atoms with Gasteiger partial charge in [-0.3, -0.25) is 4.99 Å². The summed E-state index contributed by atoms with van der Waals surface area (Å²) in [5.74, 6) is 0.908. The van der Waals surface area contributed by atoms with Crippen molar-refractivity contribution in [2.45, 2.75) is 32.2 Å². The maximum absolute atomic E-state index is 15.0. The molecule has 1 aromatic heterocycles. The lowest BCUT2D eigenvalue weighted by molar-refractivity contribution is 0.264. The van der Waals surface area contributed by atoms with Gasteiger partial charge >= 0.3 is 0 Å². The number of nitrogens with zero attached hydrogens (tertiary/aromatic N) is 1. The third kappa shape index (κ3) is 4.27. The molecule has 0 unspecified atom stereocenters. The molecule has 1 aliphatic rings. The van der Waals surface area contributed by atoms with Crippen molar-refractivity contribution in [2.75, 3.05) is 13.7 Å². The first kappa shape index (κ1) is 20.9. The fourth-order valence-electron chi connectivity index (χ4n) is 3.37. The number of nitrogens with one attached hydrogen (secondary N) is 1. The normalized spacial score (nSPS) is 14.7. The number of aromatic nitrogens is 1. The fourth-order valence-corrected chi connectivity index (χ4v) is 3.37. The summed E-state index contributed by atoms with van der Waals surface area (Å²) in [5, 5.41) is 0.465. The molecule has 0 radical (unpaired) electrons. The van der Waals surface area contributed by atoms with E-state index in [-0.39, 0.29) is 17.0 Å². The van der Waals surface area contributed by atoms with Crippen molar-refractivity contribution < 1.29 is 18.6 Å². The van der Waals surface area contributed by atoms with Crippen LogP contribution in [0.15, 0.2) is 41.9 Å². The van der Waals surface area contributed by atoms with E-state index in [1.807, 2.05) is 6.92 Å². The Hall–Kier alpha value is -3.32. The molecule has 6 nitrogen and oxygen atoms in total. The Bertz CT molecular complexity index is 1180. The molecular weight excluding hydrogens is 397 g/mol. The number of benzene rings is 2. The molecular formula is C24H26FN3O3. The largest absolute Gasteiger partial charge is 0.493 e. The van der Waals surface area contributed by atoms with E-state index in [0.717, 1.165) is 18.5 Å². The van der Waals surface area contributed by atoms with Crippen molar-refractivity contribution in [3.63, 3.8) is 0 Å². The van der Waals surface area contributed by atoms with Crippen molar-refractivity contribution in [3.05, 3.63) is 54.0 Å². The Morgan fingerprint density at radius 3 is 2.71 bits per heavy atom. The lowest BCUT2D eigenvalue weighted by atomic mass is 10.1. The van der Waals surface area contributed by atoms with Crippen molar-refractivity contribution in [2.24, 2.45) is 10.7 Å². The minimum Gasteiger partial charge on any atom is -0.493 e. The van der Waals surface area contributed by atoms with Crippen molar-refractivity contribution in [1.82, 2.24) is 4.98 Å². The van der Waals surface area contributed by atoms with E-state index in [9.17, 15) is 4.39 Å².